The van der Waals surface area contributed by atoms with Crippen molar-refractivity contribution in [2.45, 2.75) is 12.2 Å². The fourth-order valence-electron chi connectivity index (χ4n) is 1.70. The summed E-state index contributed by atoms with van der Waals surface area (Å²) in [6.45, 7) is 0.619. The van der Waals surface area contributed by atoms with Gasteiger partial charge in [0.1, 0.15) is 5.82 Å². The van der Waals surface area contributed by atoms with Crippen LogP contribution >= 0.6 is 11.5 Å². The van der Waals surface area contributed by atoms with Crippen LogP contribution in [0.5, 0.6) is 0 Å². The fraction of sp³-hybridized carbons (Fsp3) is 0.385. The van der Waals surface area contributed by atoms with Gasteiger partial charge in [-0.05, 0) is 17.7 Å². The Bertz CT molecular complexity index is 587. The van der Waals surface area contributed by atoms with Crippen molar-refractivity contribution in [1.29, 1.82) is 0 Å². The molecule has 0 radical (unpaired) electrons. The maximum absolute atomic E-state index is 11.2. The van der Waals surface area contributed by atoms with E-state index in [0.29, 0.717) is 18.8 Å². The molecule has 0 amide bonds. The number of aromatic nitrogens is 2. The van der Waals surface area contributed by atoms with E-state index >= 15 is 0 Å². The fourth-order valence-corrected chi connectivity index (χ4v) is 2.98. The van der Waals surface area contributed by atoms with Gasteiger partial charge in [0.05, 0.1) is 6.61 Å². The summed E-state index contributed by atoms with van der Waals surface area (Å²) in [6.07, 6.45) is 2.41. The topological polar surface area (TPSA) is 64.1 Å². The van der Waals surface area contributed by atoms with Gasteiger partial charge >= 0.3 is 0 Å². The number of nitrogens with one attached hydrogen (secondary N) is 1. The largest absolute Gasteiger partial charge is 0.384 e. The molecule has 1 N–H and O–H groups in total. The first kappa shape index (κ1) is 15.1. The Morgan fingerprint density at radius 2 is 2.30 bits per heavy atom. The first-order chi connectivity index (χ1) is 9.67. The minimum absolute atomic E-state index is 0.560. The molecule has 5 nitrogen and oxygen atoms in total. The summed E-state index contributed by atoms with van der Waals surface area (Å²) in [5.41, 5.74) is 1.97. The van der Waals surface area contributed by atoms with Gasteiger partial charge in [0.15, 0.2) is 0 Å². The summed E-state index contributed by atoms with van der Waals surface area (Å²) >= 11 is 1.33. The second kappa shape index (κ2) is 7.47. The molecular weight excluding hydrogens is 294 g/mol. The second-order valence-electron chi connectivity index (χ2n) is 4.30. The Morgan fingerprint density at radius 1 is 1.45 bits per heavy atom. The van der Waals surface area contributed by atoms with Gasteiger partial charge in [-0.25, -0.2) is 4.98 Å². The average molecular weight is 311 g/mol. The van der Waals surface area contributed by atoms with Gasteiger partial charge in [0.2, 0.25) is 5.13 Å². The van der Waals surface area contributed by atoms with Crippen molar-refractivity contribution < 1.29 is 8.95 Å². The lowest BCUT2D eigenvalue weighted by Gasteiger charge is -2.04. The minimum atomic E-state index is -0.838. The minimum Gasteiger partial charge on any atom is -0.384 e. The number of nitrogens with zero attached hydrogens (tertiary/aromatic N) is 2. The predicted molar refractivity (Wildman–Crippen MR) is 83.0 cm³/mol. The Morgan fingerprint density at radius 3 is 3.05 bits per heavy atom. The monoisotopic (exact) mass is 311 g/mol. The number of benzene rings is 1. The smallest absolute Gasteiger partial charge is 0.207 e. The number of ether oxygens (including phenoxy) is 1. The summed E-state index contributed by atoms with van der Waals surface area (Å²) in [7, 11) is 0.823. The molecule has 0 saturated heterocycles. The van der Waals surface area contributed by atoms with E-state index in [0.717, 1.165) is 22.2 Å². The van der Waals surface area contributed by atoms with E-state index in [2.05, 4.69) is 14.7 Å². The van der Waals surface area contributed by atoms with Crippen molar-refractivity contribution in [2.75, 3.05) is 25.3 Å². The summed E-state index contributed by atoms with van der Waals surface area (Å²) in [4.78, 5) is 4.39. The lowest BCUT2D eigenvalue weighted by Crippen LogP contribution is -1.97. The number of methoxy groups -OCH3 is 1. The first-order valence-corrected chi connectivity index (χ1v) is 8.65. The number of anilines is 2. The number of hydrogen-bond acceptors (Lipinski definition) is 6. The Labute approximate surface area is 125 Å². The van der Waals surface area contributed by atoms with Crippen LogP contribution in [0.4, 0.5) is 10.8 Å². The second-order valence-corrected chi connectivity index (χ2v) is 6.49. The molecule has 0 aliphatic carbocycles. The molecule has 1 atom stereocenters. The lowest BCUT2D eigenvalue weighted by atomic mass is 10.2. The van der Waals surface area contributed by atoms with E-state index in [-0.39, 0.29) is 0 Å². The third-order valence-electron chi connectivity index (χ3n) is 2.55. The molecule has 20 heavy (non-hydrogen) atoms. The van der Waals surface area contributed by atoms with Gasteiger partial charge in [-0.1, -0.05) is 12.1 Å². The van der Waals surface area contributed by atoms with Crippen LogP contribution in [-0.2, 0) is 27.7 Å². The maximum Gasteiger partial charge on any atom is 0.207 e. The van der Waals surface area contributed by atoms with Crippen LogP contribution < -0.4 is 5.32 Å². The average Bonchev–Trinajstić information content (AvgIpc) is 2.83. The summed E-state index contributed by atoms with van der Waals surface area (Å²) in [5, 5.41) is 3.97. The molecule has 2 aromatic rings. The van der Waals surface area contributed by atoms with Gasteiger partial charge in [0.25, 0.3) is 0 Å². The Balaban J connectivity index is 2.02. The normalized spacial score (nSPS) is 12.3. The van der Waals surface area contributed by atoms with Crippen LogP contribution in [0.25, 0.3) is 0 Å². The van der Waals surface area contributed by atoms with Crippen molar-refractivity contribution in [2.24, 2.45) is 0 Å². The first-order valence-electron chi connectivity index (χ1n) is 6.15. The van der Waals surface area contributed by atoms with Gasteiger partial charge in [-0.15, -0.1) is 0 Å². The standard InChI is InChI=1S/C13H17N3O2S2/c1-18-7-6-12-15-13(19-16-12)14-11-5-3-4-10(8-11)9-20(2)17/h3-5,8H,6-7,9H2,1-2H3,(H,14,15,16). The van der Waals surface area contributed by atoms with Crippen molar-refractivity contribution in [1.82, 2.24) is 9.36 Å². The molecule has 0 spiro atoms. The van der Waals surface area contributed by atoms with E-state index in [4.69, 9.17) is 4.74 Å². The zero-order valence-electron chi connectivity index (χ0n) is 11.5. The van der Waals surface area contributed by atoms with Crippen LogP contribution in [0.3, 0.4) is 0 Å². The maximum atomic E-state index is 11.2. The Kier molecular flexibility index (Phi) is 5.63. The molecule has 1 aromatic heterocycles. The molecule has 2 rings (SSSR count). The van der Waals surface area contributed by atoms with E-state index < -0.39 is 10.8 Å². The van der Waals surface area contributed by atoms with Crippen LogP contribution in [0.1, 0.15) is 11.4 Å². The third-order valence-corrected chi connectivity index (χ3v) is 3.95. The highest BCUT2D eigenvalue weighted by Gasteiger charge is 2.05. The van der Waals surface area contributed by atoms with E-state index in [9.17, 15) is 4.21 Å². The predicted octanol–water partition coefficient (Wildman–Crippen LogP) is 2.35. The SMILES string of the molecule is COCCc1nsc(Nc2cccc(CS(C)=O)c2)n1. The highest BCUT2D eigenvalue weighted by molar-refractivity contribution is 7.83. The zero-order chi connectivity index (χ0) is 14.4. The molecule has 0 aliphatic rings. The van der Waals surface area contributed by atoms with Crippen molar-refractivity contribution >= 4 is 33.2 Å². The molecule has 0 aliphatic heterocycles. The quantitative estimate of drug-likeness (QED) is 0.850. The number of hydrogen-bond donors (Lipinski definition) is 1. The van der Waals surface area contributed by atoms with Gasteiger partial charge in [-0.3, -0.25) is 4.21 Å². The zero-order valence-corrected chi connectivity index (χ0v) is 13.1. The van der Waals surface area contributed by atoms with Gasteiger partial charge in [-0.2, -0.15) is 4.37 Å². The summed E-state index contributed by atoms with van der Waals surface area (Å²) in [6, 6.07) is 7.85. The van der Waals surface area contributed by atoms with Crippen LogP contribution in [0.15, 0.2) is 24.3 Å². The van der Waals surface area contributed by atoms with Crippen molar-refractivity contribution in [3.8, 4) is 0 Å². The molecule has 1 heterocycles. The molecular formula is C13H17N3O2S2. The lowest BCUT2D eigenvalue weighted by molar-refractivity contribution is 0.201. The van der Waals surface area contributed by atoms with E-state index in [1.807, 2.05) is 24.3 Å². The van der Waals surface area contributed by atoms with Crippen LogP contribution in [0, 0.1) is 0 Å². The molecule has 0 saturated carbocycles. The number of rotatable bonds is 7. The van der Waals surface area contributed by atoms with Crippen LogP contribution in [-0.4, -0.2) is 33.5 Å². The highest BCUT2D eigenvalue weighted by atomic mass is 32.2. The molecule has 1 unspecified atom stereocenters. The molecule has 0 bridgehead atoms. The van der Waals surface area contributed by atoms with Crippen LogP contribution in [0.2, 0.25) is 0 Å². The van der Waals surface area contributed by atoms with E-state index in [1.54, 1.807) is 13.4 Å². The molecule has 108 valence electrons. The van der Waals surface area contributed by atoms with Gasteiger partial charge < -0.3 is 10.1 Å². The molecule has 1 aromatic carbocycles. The molecule has 0 fully saturated rings. The van der Waals surface area contributed by atoms with Crippen molar-refractivity contribution in [3.63, 3.8) is 0 Å². The third kappa shape index (κ3) is 4.66. The summed E-state index contributed by atoms with van der Waals surface area (Å²) < 4.78 is 20.5. The molecule has 7 heteroatoms. The van der Waals surface area contributed by atoms with E-state index in [1.165, 1.54) is 11.5 Å². The van der Waals surface area contributed by atoms with Crippen molar-refractivity contribution in [3.05, 3.63) is 35.7 Å². The Hall–Kier alpha value is -1.31. The summed E-state index contributed by atoms with van der Waals surface area (Å²) in [5.74, 6) is 1.34. The highest BCUT2D eigenvalue weighted by Crippen LogP contribution is 2.20. The van der Waals surface area contributed by atoms with Gasteiger partial charge in [0, 0.05) is 53.6 Å².